The lowest BCUT2D eigenvalue weighted by Gasteiger charge is -2.27. The number of rotatable bonds is 6. The fourth-order valence-electron chi connectivity index (χ4n) is 5.17. The van der Waals surface area contributed by atoms with Crippen LogP contribution in [0.3, 0.4) is 0 Å². The smallest absolute Gasteiger partial charge is 0.317 e. The van der Waals surface area contributed by atoms with Gasteiger partial charge in [0, 0.05) is 33.7 Å². The number of hydrogen-bond acceptors (Lipinski definition) is 5. The molecule has 1 fully saturated rings. The summed E-state index contributed by atoms with van der Waals surface area (Å²) >= 11 is 6.04. The zero-order valence-electron chi connectivity index (χ0n) is 19.2. The highest BCUT2D eigenvalue weighted by molar-refractivity contribution is 6.30. The Bertz CT molecular complexity index is 1250. The van der Waals surface area contributed by atoms with E-state index in [1.807, 2.05) is 54.8 Å². The van der Waals surface area contributed by atoms with Gasteiger partial charge in [0.1, 0.15) is 0 Å². The molecule has 1 saturated carbocycles. The van der Waals surface area contributed by atoms with Crippen LogP contribution in [0.1, 0.15) is 53.0 Å². The third-order valence-corrected chi connectivity index (χ3v) is 7.18. The van der Waals surface area contributed by atoms with Gasteiger partial charge in [-0.1, -0.05) is 36.6 Å². The number of nitrogens with zero attached hydrogens (tertiary/aromatic N) is 1. The molecular weight excluding hydrogens is 454 g/mol. The van der Waals surface area contributed by atoms with Gasteiger partial charge in [0.2, 0.25) is 12.6 Å². The summed E-state index contributed by atoms with van der Waals surface area (Å²) in [6.45, 7) is 3.74. The lowest BCUT2D eigenvalue weighted by Crippen LogP contribution is -2.35. The number of benzene rings is 2. The van der Waals surface area contributed by atoms with E-state index in [9.17, 15) is 9.59 Å². The summed E-state index contributed by atoms with van der Waals surface area (Å²) < 4.78 is 18.5. The van der Waals surface area contributed by atoms with Gasteiger partial charge in [-0.3, -0.25) is 9.59 Å². The Labute approximate surface area is 203 Å². The summed E-state index contributed by atoms with van der Waals surface area (Å²) in [7, 11) is 0. The molecule has 0 atom stereocenters. The molecule has 2 aromatic carbocycles. The highest BCUT2D eigenvalue weighted by atomic mass is 35.5. The average Bonchev–Trinajstić information content (AvgIpc) is 3.57. The van der Waals surface area contributed by atoms with Crippen LogP contribution in [0.15, 0.2) is 48.5 Å². The van der Waals surface area contributed by atoms with Crippen molar-refractivity contribution < 1.29 is 23.8 Å². The molecule has 176 valence electrons. The number of aryl methyl sites for hydroxylation is 1. The molecule has 0 spiro atoms. The number of ether oxygens (including phenoxy) is 3. The van der Waals surface area contributed by atoms with Crippen LogP contribution in [-0.2, 0) is 14.9 Å². The third kappa shape index (κ3) is 3.86. The summed E-state index contributed by atoms with van der Waals surface area (Å²) in [6, 6.07) is 14.9. The van der Waals surface area contributed by atoms with Gasteiger partial charge in [-0.2, -0.15) is 0 Å². The molecule has 0 N–H and O–H groups in total. The monoisotopic (exact) mass is 479 g/mol. The number of carbonyl (C=O) groups excluding carboxylic acids is 2. The van der Waals surface area contributed by atoms with Crippen LogP contribution in [0.4, 0.5) is 0 Å². The number of fused-ring (bicyclic) bond motifs is 1. The maximum Gasteiger partial charge on any atom is 0.317 e. The molecule has 0 amide bonds. The van der Waals surface area contributed by atoms with Crippen LogP contribution in [0.2, 0.25) is 5.02 Å². The highest BCUT2D eigenvalue weighted by Crippen LogP contribution is 2.42. The van der Waals surface area contributed by atoms with Crippen molar-refractivity contribution in [2.45, 2.75) is 44.9 Å². The predicted octanol–water partition coefficient (Wildman–Crippen LogP) is 5.71. The molecule has 5 rings (SSSR count). The molecule has 6 nitrogen and oxygen atoms in total. The first-order valence-electron chi connectivity index (χ1n) is 11.4. The number of halogens is 1. The van der Waals surface area contributed by atoms with Crippen LogP contribution >= 0.6 is 11.6 Å². The van der Waals surface area contributed by atoms with E-state index in [0.717, 1.165) is 35.5 Å². The fraction of sp³-hybridized carbons (Fsp3) is 0.333. The number of aromatic nitrogens is 1. The van der Waals surface area contributed by atoms with Crippen molar-refractivity contribution in [2.24, 2.45) is 0 Å². The molecule has 2 heterocycles. The van der Waals surface area contributed by atoms with E-state index >= 15 is 0 Å². The molecule has 0 bridgehead atoms. The van der Waals surface area contributed by atoms with E-state index < -0.39 is 5.41 Å². The Morgan fingerprint density at radius 2 is 1.71 bits per heavy atom. The molecule has 1 aliphatic carbocycles. The minimum absolute atomic E-state index is 0.203. The molecule has 3 aromatic rings. The summed E-state index contributed by atoms with van der Waals surface area (Å²) in [4.78, 5) is 26.3. The number of carbonyl (C=O) groups is 2. The van der Waals surface area contributed by atoms with Gasteiger partial charge >= 0.3 is 5.97 Å². The SMILES string of the molecule is Cc1cc(C(=O)COC(=O)C2(c3ccc(Cl)cc3)CCCC2)c(C)n1-c1ccc2c(c1)OCO2. The van der Waals surface area contributed by atoms with Gasteiger partial charge in [0.05, 0.1) is 5.41 Å². The van der Waals surface area contributed by atoms with Crippen molar-refractivity contribution in [1.29, 1.82) is 0 Å². The van der Waals surface area contributed by atoms with Crippen molar-refractivity contribution >= 4 is 23.4 Å². The summed E-state index contributed by atoms with van der Waals surface area (Å²) in [5.74, 6) is 0.815. The van der Waals surface area contributed by atoms with Crippen LogP contribution in [-0.4, -0.2) is 29.7 Å². The van der Waals surface area contributed by atoms with Gasteiger partial charge in [-0.05, 0) is 62.6 Å². The third-order valence-electron chi connectivity index (χ3n) is 6.92. The van der Waals surface area contributed by atoms with Crippen LogP contribution < -0.4 is 9.47 Å². The molecular formula is C27H26ClNO5. The molecule has 2 aliphatic rings. The summed E-state index contributed by atoms with van der Waals surface area (Å²) in [5, 5.41) is 0.623. The van der Waals surface area contributed by atoms with Crippen LogP contribution in [0.5, 0.6) is 11.5 Å². The molecule has 0 radical (unpaired) electrons. The minimum atomic E-state index is -0.714. The summed E-state index contributed by atoms with van der Waals surface area (Å²) in [6.07, 6.45) is 3.31. The second kappa shape index (κ2) is 8.84. The highest BCUT2D eigenvalue weighted by Gasteiger charge is 2.44. The number of esters is 1. The van der Waals surface area contributed by atoms with E-state index in [2.05, 4.69) is 0 Å². The normalized spacial score (nSPS) is 16.0. The maximum absolute atomic E-state index is 13.2. The molecule has 7 heteroatoms. The lowest BCUT2D eigenvalue weighted by atomic mass is 9.79. The second-order valence-corrected chi connectivity index (χ2v) is 9.39. The van der Waals surface area contributed by atoms with Gasteiger partial charge < -0.3 is 18.8 Å². The van der Waals surface area contributed by atoms with Gasteiger partial charge in [-0.25, -0.2) is 0 Å². The molecule has 0 unspecified atom stereocenters. The first-order chi connectivity index (χ1) is 16.4. The Morgan fingerprint density at radius 1 is 1.00 bits per heavy atom. The topological polar surface area (TPSA) is 66.8 Å². The number of ketones is 1. The van der Waals surface area contributed by atoms with E-state index in [1.54, 1.807) is 12.1 Å². The fourth-order valence-corrected chi connectivity index (χ4v) is 5.30. The Kier molecular flexibility index (Phi) is 5.86. The minimum Gasteiger partial charge on any atom is -0.457 e. The average molecular weight is 480 g/mol. The quantitative estimate of drug-likeness (QED) is 0.334. The van der Waals surface area contributed by atoms with Crippen molar-refractivity contribution in [2.75, 3.05) is 13.4 Å². The first-order valence-corrected chi connectivity index (χ1v) is 11.8. The van der Waals surface area contributed by atoms with Crippen molar-refractivity contribution in [3.05, 3.63) is 76.1 Å². The van der Waals surface area contributed by atoms with E-state index in [4.69, 9.17) is 25.8 Å². The van der Waals surface area contributed by atoms with Gasteiger partial charge in [0.25, 0.3) is 0 Å². The Hall–Kier alpha value is -3.25. The van der Waals surface area contributed by atoms with E-state index in [-0.39, 0.29) is 25.2 Å². The van der Waals surface area contributed by atoms with Gasteiger partial charge in [-0.15, -0.1) is 0 Å². The maximum atomic E-state index is 13.2. The van der Waals surface area contributed by atoms with Crippen molar-refractivity contribution in [3.8, 4) is 17.2 Å². The molecule has 1 aliphatic heterocycles. The van der Waals surface area contributed by atoms with Crippen molar-refractivity contribution in [3.63, 3.8) is 0 Å². The van der Waals surface area contributed by atoms with E-state index in [1.165, 1.54) is 0 Å². The largest absolute Gasteiger partial charge is 0.457 e. The van der Waals surface area contributed by atoms with E-state index in [0.29, 0.717) is 34.9 Å². The zero-order chi connectivity index (χ0) is 23.9. The first kappa shape index (κ1) is 22.5. The molecule has 34 heavy (non-hydrogen) atoms. The van der Waals surface area contributed by atoms with Gasteiger partial charge in [0.15, 0.2) is 18.1 Å². The second-order valence-electron chi connectivity index (χ2n) is 8.95. The predicted molar refractivity (Wildman–Crippen MR) is 128 cm³/mol. The standard InChI is InChI=1S/C27H26ClNO5/c1-17-13-22(18(2)29(17)21-9-10-24-25(14-21)34-16-33-24)23(30)15-32-26(31)27(11-3-4-12-27)19-5-7-20(28)8-6-19/h5-10,13-14H,3-4,11-12,15-16H2,1-2H3. The molecule has 0 saturated heterocycles. The Morgan fingerprint density at radius 3 is 2.44 bits per heavy atom. The molecule has 1 aromatic heterocycles. The van der Waals surface area contributed by atoms with Crippen LogP contribution in [0.25, 0.3) is 5.69 Å². The van der Waals surface area contributed by atoms with Crippen LogP contribution in [0, 0.1) is 13.8 Å². The Balaban J connectivity index is 1.34. The lowest BCUT2D eigenvalue weighted by molar-refractivity contribution is -0.149. The number of Topliss-reactive ketones (excluding diaryl/α,β-unsaturated/α-hetero) is 1. The van der Waals surface area contributed by atoms with Crippen molar-refractivity contribution in [1.82, 2.24) is 4.57 Å². The number of hydrogen-bond donors (Lipinski definition) is 0. The zero-order valence-corrected chi connectivity index (χ0v) is 20.0. The summed E-state index contributed by atoms with van der Waals surface area (Å²) in [5.41, 5.74) is 3.28.